The minimum Gasteiger partial charge on any atom is -0.338 e. The molecule has 2 aliphatic rings. The van der Waals surface area contributed by atoms with E-state index in [0.717, 1.165) is 31.1 Å². The molecule has 2 unspecified atom stereocenters. The van der Waals surface area contributed by atoms with E-state index in [2.05, 4.69) is 20.4 Å². The summed E-state index contributed by atoms with van der Waals surface area (Å²) in [5.74, 6) is 1.63. The van der Waals surface area contributed by atoms with Crippen LogP contribution in [0.1, 0.15) is 18.7 Å². The van der Waals surface area contributed by atoms with E-state index < -0.39 is 0 Å². The van der Waals surface area contributed by atoms with Gasteiger partial charge < -0.3 is 9.84 Å². The number of halogens is 2. The lowest BCUT2D eigenvalue weighted by atomic mass is 9.93. The molecule has 2 aromatic rings. The monoisotopic (exact) mass is 338 g/mol. The second-order valence-electron chi connectivity index (χ2n) is 6.15. The first-order chi connectivity index (χ1) is 10.8. The fraction of sp³-hybridized carbons (Fsp3) is 0.500. The lowest BCUT2D eigenvalue weighted by Gasteiger charge is -2.33. The summed E-state index contributed by atoms with van der Waals surface area (Å²) in [6, 6.07) is 6.83. The predicted molar refractivity (Wildman–Crippen MR) is 86.7 cm³/mol. The molecule has 2 atom stereocenters. The zero-order valence-corrected chi connectivity index (χ0v) is 13.6. The normalized spacial score (nSPS) is 24.2. The van der Waals surface area contributed by atoms with Gasteiger partial charge in [-0.2, -0.15) is 4.98 Å². The maximum atomic E-state index is 12.9. The average molecular weight is 339 g/mol. The fourth-order valence-corrected chi connectivity index (χ4v) is 3.49. The highest BCUT2D eigenvalue weighted by molar-refractivity contribution is 5.85. The number of hydrogen-bond donors (Lipinski definition) is 1. The molecular formula is C16H20ClFN4O. The van der Waals surface area contributed by atoms with Crippen LogP contribution in [0.15, 0.2) is 28.8 Å². The van der Waals surface area contributed by atoms with Gasteiger partial charge in [-0.05, 0) is 49.6 Å². The number of likely N-dealkylation sites (tertiary alicyclic amines) is 1. The van der Waals surface area contributed by atoms with Crippen LogP contribution >= 0.6 is 12.4 Å². The molecule has 4 rings (SSSR count). The van der Waals surface area contributed by atoms with E-state index in [4.69, 9.17) is 4.52 Å². The Morgan fingerprint density at radius 2 is 2.09 bits per heavy atom. The van der Waals surface area contributed by atoms with E-state index >= 15 is 0 Å². The minimum absolute atomic E-state index is 0. The molecule has 0 aliphatic carbocycles. The molecular weight excluding hydrogens is 319 g/mol. The molecule has 0 amide bonds. The Morgan fingerprint density at radius 3 is 2.91 bits per heavy atom. The number of nitrogens with zero attached hydrogens (tertiary/aromatic N) is 3. The Bertz CT molecular complexity index is 648. The summed E-state index contributed by atoms with van der Waals surface area (Å²) >= 11 is 0. The highest BCUT2D eigenvalue weighted by atomic mass is 35.5. The molecule has 7 heteroatoms. The van der Waals surface area contributed by atoms with Crippen molar-refractivity contribution in [2.24, 2.45) is 5.92 Å². The van der Waals surface area contributed by atoms with Crippen molar-refractivity contribution in [2.75, 3.05) is 19.6 Å². The third-order valence-corrected chi connectivity index (χ3v) is 4.67. The van der Waals surface area contributed by atoms with Crippen molar-refractivity contribution >= 4 is 12.4 Å². The number of rotatable bonds is 3. The van der Waals surface area contributed by atoms with Gasteiger partial charge in [-0.25, -0.2) is 4.39 Å². The number of hydrogen-bond acceptors (Lipinski definition) is 5. The number of fused-ring (bicyclic) bond motifs is 1. The SMILES string of the molecule is Cl.Fc1ccc(-c2noc(CN3CCC4NCCC4C3)n2)cc1. The Labute approximate surface area is 140 Å². The summed E-state index contributed by atoms with van der Waals surface area (Å²) in [4.78, 5) is 6.82. The van der Waals surface area contributed by atoms with Crippen LogP contribution in [0.2, 0.25) is 0 Å². The Kier molecular flexibility index (Phi) is 4.94. The number of piperidine rings is 1. The highest BCUT2D eigenvalue weighted by Crippen LogP contribution is 2.25. The quantitative estimate of drug-likeness (QED) is 0.931. The molecule has 124 valence electrons. The van der Waals surface area contributed by atoms with Gasteiger partial charge in [0.15, 0.2) is 0 Å². The van der Waals surface area contributed by atoms with Gasteiger partial charge in [0.25, 0.3) is 0 Å². The van der Waals surface area contributed by atoms with Crippen LogP contribution in [-0.2, 0) is 6.54 Å². The summed E-state index contributed by atoms with van der Waals surface area (Å²) in [5, 5.41) is 7.56. The van der Waals surface area contributed by atoms with Crippen molar-refractivity contribution in [1.29, 1.82) is 0 Å². The number of aromatic nitrogens is 2. The molecule has 2 aliphatic heterocycles. The van der Waals surface area contributed by atoms with Crippen molar-refractivity contribution < 1.29 is 8.91 Å². The Hall–Kier alpha value is -1.50. The van der Waals surface area contributed by atoms with Gasteiger partial charge in [-0.15, -0.1) is 12.4 Å². The maximum Gasteiger partial charge on any atom is 0.241 e. The van der Waals surface area contributed by atoms with Crippen LogP contribution < -0.4 is 5.32 Å². The molecule has 0 saturated carbocycles. The first-order valence-corrected chi connectivity index (χ1v) is 7.82. The van der Waals surface area contributed by atoms with E-state index in [1.54, 1.807) is 12.1 Å². The van der Waals surface area contributed by atoms with E-state index in [0.29, 0.717) is 24.3 Å². The second kappa shape index (κ2) is 6.95. The van der Waals surface area contributed by atoms with Crippen LogP contribution in [-0.4, -0.2) is 40.7 Å². The molecule has 3 heterocycles. The zero-order valence-electron chi connectivity index (χ0n) is 12.7. The number of benzene rings is 1. The standard InChI is InChI=1S/C16H19FN4O.ClH/c17-13-3-1-11(2-4-13)16-19-15(22-20-16)10-21-8-6-14-12(9-21)5-7-18-14;/h1-4,12,14,18H,5-10H2;1H. The van der Waals surface area contributed by atoms with E-state index in [-0.39, 0.29) is 18.2 Å². The third-order valence-electron chi connectivity index (χ3n) is 4.67. The average Bonchev–Trinajstić information content (AvgIpc) is 3.17. The van der Waals surface area contributed by atoms with Gasteiger partial charge >= 0.3 is 0 Å². The predicted octanol–water partition coefficient (Wildman–Crippen LogP) is 2.48. The molecule has 5 nitrogen and oxygen atoms in total. The van der Waals surface area contributed by atoms with Crippen molar-refractivity contribution in [3.05, 3.63) is 36.0 Å². The van der Waals surface area contributed by atoms with Crippen LogP contribution in [0.25, 0.3) is 11.4 Å². The third kappa shape index (κ3) is 3.54. The van der Waals surface area contributed by atoms with Gasteiger partial charge in [0.2, 0.25) is 11.7 Å². The molecule has 23 heavy (non-hydrogen) atoms. The van der Waals surface area contributed by atoms with Gasteiger partial charge in [0.1, 0.15) is 5.82 Å². The molecule has 0 spiro atoms. The van der Waals surface area contributed by atoms with Crippen molar-refractivity contribution in [3.8, 4) is 11.4 Å². The minimum atomic E-state index is -0.263. The number of nitrogens with one attached hydrogen (secondary N) is 1. The van der Waals surface area contributed by atoms with E-state index in [1.165, 1.54) is 25.0 Å². The van der Waals surface area contributed by atoms with Gasteiger partial charge in [-0.1, -0.05) is 5.16 Å². The van der Waals surface area contributed by atoms with Crippen LogP contribution in [0.5, 0.6) is 0 Å². The lowest BCUT2D eigenvalue weighted by molar-refractivity contribution is 0.140. The van der Waals surface area contributed by atoms with Gasteiger partial charge in [0.05, 0.1) is 6.54 Å². The molecule has 1 aromatic carbocycles. The van der Waals surface area contributed by atoms with Gasteiger partial charge in [-0.3, -0.25) is 4.90 Å². The Morgan fingerprint density at radius 1 is 1.26 bits per heavy atom. The van der Waals surface area contributed by atoms with E-state index in [9.17, 15) is 4.39 Å². The molecule has 0 bridgehead atoms. The maximum absolute atomic E-state index is 12.9. The first-order valence-electron chi connectivity index (χ1n) is 7.82. The summed E-state index contributed by atoms with van der Waals surface area (Å²) in [5.41, 5.74) is 0.773. The second-order valence-corrected chi connectivity index (χ2v) is 6.15. The molecule has 0 radical (unpaired) electrons. The lowest BCUT2D eigenvalue weighted by Crippen LogP contribution is -2.43. The smallest absolute Gasteiger partial charge is 0.241 e. The topological polar surface area (TPSA) is 54.2 Å². The zero-order chi connectivity index (χ0) is 14.9. The molecule has 2 saturated heterocycles. The molecule has 2 fully saturated rings. The van der Waals surface area contributed by atoms with Crippen molar-refractivity contribution in [1.82, 2.24) is 20.4 Å². The largest absolute Gasteiger partial charge is 0.338 e. The van der Waals surface area contributed by atoms with Crippen LogP contribution in [0, 0.1) is 11.7 Å². The van der Waals surface area contributed by atoms with E-state index in [1.807, 2.05) is 0 Å². The summed E-state index contributed by atoms with van der Waals surface area (Å²) in [6.07, 6.45) is 2.44. The highest BCUT2D eigenvalue weighted by Gasteiger charge is 2.32. The first kappa shape index (κ1) is 16.4. The molecule has 1 N–H and O–H groups in total. The van der Waals surface area contributed by atoms with Crippen molar-refractivity contribution in [3.63, 3.8) is 0 Å². The van der Waals surface area contributed by atoms with Crippen molar-refractivity contribution in [2.45, 2.75) is 25.4 Å². The summed E-state index contributed by atoms with van der Waals surface area (Å²) in [6.45, 7) is 3.98. The summed E-state index contributed by atoms with van der Waals surface area (Å²) in [7, 11) is 0. The summed E-state index contributed by atoms with van der Waals surface area (Å²) < 4.78 is 18.3. The van der Waals surface area contributed by atoms with Gasteiger partial charge in [0, 0.05) is 24.7 Å². The van der Waals surface area contributed by atoms with Crippen LogP contribution in [0.3, 0.4) is 0 Å². The Balaban J connectivity index is 0.00000156. The van der Waals surface area contributed by atoms with Crippen LogP contribution in [0.4, 0.5) is 4.39 Å². The molecule has 1 aromatic heterocycles. The fourth-order valence-electron chi connectivity index (χ4n) is 3.49.